The number of carbonyl (C=O) groups excluding carboxylic acids is 2. The van der Waals surface area contributed by atoms with Crippen LogP contribution in [-0.2, 0) is 4.79 Å². The number of halogens is 1. The molecule has 0 unspecified atom stereocenters. The number of ether oxygens (including phenoxy) is 1. The summed E-state index contributed by atoms with van der Waals surface area (Å²) in [5.74, 6) is -0.946. The van der Waals surface area contributed by atoms with Gasteiger partial charge >= 0.3 is 0 Å². The van der Waals surface area contributed by atoms with Gasteiger partial charge in [0.2, 0.25) is 11.8 Å². The Kier molecular flexibility index (Phi) is 7.71. The van der Waals surface area contributed by atoms with E-state index in [0.29, 0.717) is 6.54 Å². The molecular formula is C26H31FN4O3. The van der Waals surface area contributed by atoms with Crippen LogP contribution in [0.3, 0.4) is 0 Å². The van der Waals surface area contributed by atoms with Gasteiger partial charge in [-0.05, 0) is 35.6 Å². The summed E-state index contributed by atoms with van der Waals surface area (Å²) in [6, 6.07) is 14.5. The second-order valence-corrected chi connectivity index (χ2v) is 9.36. The summed E-state index contributed by atoms with van der Waals surface area (Å²) in [6.45, 7) is 8.55. The molecule has 0 spiro atoms. The average molecular weight is 467 g/mol. The van der Waals surface area contributed by atoms with Gasteiger partial charge in [0.15, 0.2) is 5.69 Å². The van der Waals surface area contributed by atoms with Crippen LogP contribution in [-0.4, -0.2) is 35.2 Å². The number of nitrogens with one attached hydrogen (secondary N) is 2. The number of hydrogen-bond acceptors (Lipinski definition) is 4. The second kappa shape index (κ2) is 10.5. The largest absolute Gasteiger partial charge is 0.481 e. The number of nitrogens with zero attached hydrogens (tertiary/aromatic N) is 2. The van der Waals surface area contributed by atoms with Crippen molar-refractivity contribution in [3.8, 4) is 11.6 Å². The van der Waals surface area contributed by atoms with Crippen molar-refractivity contribution in [2.24, 2.45) is 5.41 Å². The van der Waals surface area contributed by atoms with Crippen LogP contribution >= 0.6 is 0 Å². The maximum absolute atomic E-state index is 14.3. The topological polar surface area (TPSA) is 85.2 Å². The van der Waals surface area contributed by atoms with E-state index in [1.165, 1.54) is 23.9 Å². The Bertz CT molecular complexity index is 1170. The minimum absolute atomic E-state index is 0.0498. The molecule has 1 heterocycles. The summed E-state index contributed by atoms with van der Waals surface area (Å²) in [6.07, 6.45) is 0.0673. The van der Waals surface area contributed by atoms with Gasteiger partial charge in [-0.25, -0.2) is 4.39 Å². The molecule has 0 fully saturated rings. The van der Waals surface area contributed by atoms with E-state index in [1.807, 2.05) is 52.0 Å². The molecule has 2 N–H and O–H groups in total. The molecule has 34 heavy (non-hydrogen) atoms. The lowest BCUT2D eigenvalue weighted by Gasteiger charge is -2.22. The number of hydrogen-bond donors (Lipinski definition) is 2. The van der Waals surface area contributed by atoms with Gasteiger partial charge < -0.3 is 15.4 Å². The first kappa shape index (κ1) is 25.0. The smallest absolute Gasteiger partial charge is 0.272 e. The average Bonchev–Trinajstić information content (AvgIpc) is 3.22. The maximum atomic E-state index is 14.3. The van der Waals surface area contributed by atoms with Crippen LogP contribution in [0.5, 0.6) is 5.88 Å². The van der Waals surface area contributed by atoms with Gasteiger partial charge in [0, 0.05) is 12.6 Å². The highest BCUT2D eigenvalue weighted by molar-refractivity contribution is 5.93. The van der Waals surface area contributed by atoms with Crippen molar-refractivity contribution in [2.45, 2.75) is 40.2 Å². The number of rotatable bonds is 8. The van der Waals surface area contributed by atoms with Crippen molar-refractivity contribution in [2.75, 3.05) is 13.7 Å². The Hall–Kier alpha value is -3.68. The van der Waals surface area contributed by atoms with Gasteiger partial charge in [0.25, 0.3) is 5.91 Å². The Labute approximate surface area is 199 Å². The molecule has 0 aliphatic carbocycles. The molecular weight excluding hydrogens is 435 g/mol. The molecule has 2 amide bonds. The summed E-state index contributed by atoms with van der Waals surface area (Å²) in [5.41, 5.74) is 1.94. The lowest BCUT2D eigenvalue weighted by Crippen LogP contribution is -2.37. The number of methoxy groups -OCH3 is 1. The van der Waals surface area contributed by atoms with E-state index in [4.69, 9.17) is 4.74 Å². The summed E-state index contributed by atoms with van der Waals surface area (Å²) >= 11 is 0. The molecule has 1 aromatic heterocycles. The number of amides is 2. The predicted octanol–water partition coefficient (Wildman–Crippen LogP) is 4.35. The van der Waals surface area contributed by atoms with Crippen LogP contribution in [0, 0.1) is 18.2 Å². The number of carbonyl (C=O) groups is 2. The van der Waals surface area contributed by atoms with Crippen molar-refractivity contribution < 1.29 is 18.7 Å². The second-order valence-electron chi connectivity index (χ2n) is 9.36. The Morgan fingerprint density at radius 2 is 1.79 bits per heavy atom. The Morgan fingerprint density at radius 3 is 2.44 bits per heavy atom. The van der Waals surface area contributed by atoms with E-state index in [-0.39, 0.29) is 35.0 Å². The SMILES string of the molecule is COc1cc(C(=O)N[C@@H](CC(=O)NCC(C)(C)C)c2ccccc2C)nn1-c1ccccc1F. The highest BCUT2D eigenvalue weighted by Gasteiger charge is 2.24. The minimum atomic E-state index is -0.571. The molecule has 180 valence electrons. The van der Waals surface area contributed by atoms with E-state index in [1.54, 1.807) is 18.2 Å². The fourth-order valence-corrected chi connectivity index (χ4v) is 3.49. The van der Waals surface area contributed by atoms with Gasteiger partial charge in [0.1, 0.15) is 11.5 Å². The lowest BCUT2D eigenvalue weighted by atomic mass is 9.96. The monoisotopic (exact) mass is 466 g/mol. The number of benzene rings is 2. The third kappa shape index (κ3) is 6.21. The standard InChI is InChI=1S/C26H31FN4O3/c1-17-10-6-7-11-18(17)20(14-23(32)28-16-26(2,3)4)29-25(33)21-15-24(34-5)31(30-21)22-13-9-8-12-19(22)27/h6-13,15,20H,14,16H2,1-5H3,(H,28,32)(H,29,33)/t20-/m0/s1. The van der Waals surface area contributed by atoms with Gasteiger partial charge in [0.05, 0.1) is 19.6 Å². The maximum Gasteiger partial charge on any atom is 0.272 e. The van der Waals surface area contributed by atoms with E-state index < -0.39 is 17.8 Å². The van der Waals surface area contributed by atoms with Crippen molar-refractivity contribution >= 4 is 11.8 Å². The molecule has 3 aromatic rings. The lowest BCUT2D eigenvalue weighted by molar-refractivity contribution is -0.122. The highest BCUT2D eigenvalue weighted by atomic mass is 19.1. The molecule has 0 saturated heterocycles. The fourth-order valence-electron chi connectivity index (χ4n) is 3.49. The van der Waals surface area contributed by atoms with Crippen molar-refractivity contribution in [3.63, 3.8) is 0 Å². The van der Waals surface area contributed by atoms with Crippen LogP contribution < -0.4 is 15.4 Å². The number of para-hydroxylation sites is 1. The van der Waals surface area contributed by atoms with Gasteiger partial charge in [-0.2, -0.15) is 9.78 Å². The third-order valence-corrected chi connectivity index (χ3v) is 5.27. The van der Waals surface area contributed by atoms with E-state index in [0.717, 1.165) is 11.1 Å². The summed E-state index contributed by atoms with van der Waals surface area (Å²) in [5, 5.41) is 10.1. The molecule has 0 radical (unpaired) electrons. The van der Waals surface area contributed by atoms with E-state index in [2.05, 4.69) is 15.7 Å². The van der Waals surface area contributed by atoms with Gasteiger partial charge in [-0.15, -0.1) is 0 Å². The molecule has 8 heteroatoms. The van der Waals surface area contributed by atoms with Gasteiger partial charge in [-0.1, -0.05) is 57.2 Å². The summed E-state index contributed by atoms with van der Waals surface area (Å²) in [4.78, 5) is 25.9. The fraction of sp³-hybridized carbons (Fsp3) is 0.346. The molecule has 7 nitrogen and oxygen atoms in total. The zero-order chi connectivity index (χ0) is 24.9. The van der Waals surface area contributed by atoms with Crippen LogP contribution in [0.2, 0.25) is 0 Å². The van der Waals surface area contributed by atoms with Crippen LogP contribution in [0.1, 0.15) is 54.8 Å². The van der Waals surface area contributed by atoms with Crippen LogP contribution in [0.15, 0.2) is 54.6 Å². The van der Waals surface area contributed by atoms with Crippen molar-refractivity contribution in [1.29, 1.82) is 0 Å². The molecule has 0 bridgehead atoms. The molecule has 0 aliphatic heterocycles. The van der Waals surface area contributed by atoms with Crippen LogP contribution in [0.4, 0.5) is 4.39 Å². The molecule has 1 atom stereocenters. The molecule has 2 aromatic carbocycles. The first-order valence-electron chi connectivity index (χ1n) is 11.1. The first-order valence-corrected chi connectivity index (χ1v) is 11.1. The molecule has 0 aliphatic rings. The quantitative estimate of drug-likeness (QED) is 0.517. The predicted molar refractivity (Wildman–Crippen MR) is 129 cm³/mol. The van der Waals surface area contributed by atoms with Gasteiger partial charge in [-0.3, -0.25) is 9.59 Å². The van der Waals surface area contributed by atoms with E-state index in [9.17, 15) is 14.0 Å². The summed E-state index contributed by atoms with van der Waals surface area (Å²) < 4.78 is 20.9. The van der Waals surface area contributed by atoms with E-state index >= 15 is 0 Å². The molecule has 3 rings (SSSR count). The van der Waals surface area contributed by atoms with Crippen LogP contribution in [0.25, 0.3) is 5.69 Å². The minimum Gasteiger partial charge on any atom is -0.481 e. The van der Waals surface area contributed by atoms with Crippen molar-refractivity contribution in [1.82, 2.24) is 20.4 Å². The normalized spacial score (nSPS) is 12.2. The first-order chi connectivity index (χ1) is 16.1. The Balaban J connectivity index is 1.86. The number of aryl methyl sites for hydroxylation is 1. The highest BCUT2D eigenvalue weighted by Crippen LogP contribution is 2.24. The number of aromatic nitrogens is 2. The summed E-state index contributed by atoms with van der Waals surface area (Å²) in [7, 11) is 1.42. The molecule has 0 saturated carbocycles. The van der Waals surface area contributed by atoms with Crippen molar-refractivity contribution in [3.05, 3.63) is 77.2 Å². The zero-order valence-corrected chi connectivity index (χ0v) is 20.2. The third-order valence-electron chi connectivity index (χ3n) is 5.27. The zero-order valence-electron chi connectivity index (χ0n) is 20.2. The Morgan fingerprint density at radius 1 is 1.12 bits per heavy atom.